The Balaban J connectivity index is 1.75. The largest absolute Gasteiger partial charge is 0.493 e. The molecule has 0 spiro atoms. The maximum absolute atomic E-state index is 13.0. The number of carbonyl (C=O) groups is 2. The van der Waals surface area contributed by atoms with Crippen LogP contribution >= 0.6 is 0 Å². The van der Waals surface area contributed by atoms with Crippen molar-refractivity contribution in [3.63, 3.8) is 0 Å². The van der Waals surface area contributed by atoms with Gasteiger partial charge in [-0.25, -0.2) is 4.90 Å². The highest BCUT2D eigenvalue weighted by Gasteiger charge is 2.56. The number of benzene rings is 2. The van der Waals surface area contributed by atoms with Gasteiger partial charge in [0.1, 0.15) is 11.6 Å². The maximum atomic E-state index is 13.0. The number of oxime groups is 1. The molecule has 1 saturated heterocycles. The van der Waals surface area contributed by atoms with Gasteiger partial charge in [-0.05, 0) is 24.3 Å². The first-order valence-electron chi connectivity index (χ1n) is 8.05. The van der Waals surface area contributed by atoms with Crippen molar-refractivity contribution in [2.24, 2.45) is 11.1 Å². The number of amides is 2. The van der Waals surface area contributed by atoms with E-state index in [0.29, 0.717) is 28.5 Å². The van der Waals surface area contributed by atoms with Crippen LogP contribution in [0, 0.1) is 5.92 Å². The lowest BCUT2D eigenvalue weighted by Crippen LogP contribution is -2.33. The lowest BCUT2D eigenvalue weighted by atomic mass is 9.93. The second-order valence-corrected chi connectivity index (χ2v) is 5.87. The molecule has 132 valence electrons. The van der Waals surface area contributed by atoms with Crippen LogP contribution in [0.5, 0.6) is 11.5 Å². The van der Waals surface area contributed by atoms with E-state index in [1.807, 2.05) is 6.07 Å². The lowest BCUT2D eigenvalue weighted by Gasteiger charge is -2.16. The number of hydrogen-bond acceptors (Lipinski definition) is 6. The zero-order valence-electron chi connectivity index (χ0n) is 14.2. The van der Waals surface area contributed by atoms with E-state index in [2.05, 4.69) is 5.16 Å². The van der Waals surface area contributed by atoms with Crippen molar-refractivity contribution in [2.75, 3.05) is 19.1 Å². The van der Waals surface area contributed by atoms with Crippen LogP contribution in [-0.4, -0.2) is 37.8 Å². The molecule has 1 fully saturated rings. The van der Waals surface area contributed by atoms with Crippen LogP contribution in [0.15, 0.2) is 53.7 Å². The molecule has 0 unspecified atom stereocenters. The summed E-state index contributed by atoms with van der Waals surface area (Å²) < 4.78 is 10.7. The van der Waals surface area contributed by atoms with Crippen molar-refractivity contribution < 1.29 is 23.9 Å². The fourth-order valence-electron chi connectivity index (χ4n) is 3.32. The summed E-state index contributed by atoms with van der Waals surface area (Å²) in [4.78, 5) is 32.2. The van der Waals surface area contributed by atoms with E-state index >= 15 is 0 Å². The van der Waals surface area contributed by atoms with Gasteiger partial charge in [0.2, 0.25) is 12.0 Å². The number of methoxy groups -OCH3 is 2. The minimum Gasteiger partial charge on any atom is -0.493 e. The van der Waals surface area contributed by atoms with Crippen molar-refractivity contribution in [3.05, 3.63) is 54.1 Å². The van der Waals surface area contributed by atoms with Crippen molar-refractivity contribution in [1.29, 1.82) is 0 Å². The predicted molar refractivity (Wildman–Crippen MR) is 93.4 cm³/mol. The first kappa shape index (κ1) is 16.1. The summed E-state index contributed by atoms with van der Waals surface area (Å²) in [5.74, 6) is -0.660. The Morgan fingerprint density at radius 2 is 1.73 bits per heavy atom. The molecule has 7 nitrogen and oxygen atoms in total. The molecule has 2 aliphatic rings. The van der Waals surface area contributed by atoms with Gasteiger partial charge in [-0.15, -0.1) is 0 Å². The van der Waals surface area contributed by atoms with E-state index < -0.39 is 17.9 Å². The van der Waals surface area contributed by atoms with Crippen LogP contribution in [-0.2, 0) is 14.4 Å². The molecule has 0 radical (unpaired) electrons. The first-order chi connectivity index (χ1) is 12.7. The number of para-hydroxylation sites is 2. The number of imide groups is 1. The van der Waals surface area contributed by atoms with Gasteiger partial charge in [0.05, 0.1) is 19.9 Å². The molecule has 0 N–H and O–H groups in total. The number of nitrogens with zero attached hydrogens (tertiary/aromatic N) is 2. The maximum Gasteiger partial charge on any atom is 0.278 e. The van der Waals surface area contributed by atoms with Crippen molar-refractivity contribution >= 4 is 23.2 Å². The summed E-state index contributed by atoms with van der Waals surface area (Å²) in [5, 5.41) is 4.02. The summed E-state index contributed by atoms with van der Waals surface area (Å²) in [6.45, 7) is 0. The Hall–Kier alpha value is -3.35. The standard InChI is InChI=1S/C19H16N2O5/c1-24-13-10-6-9-12(16(13)25-2)15-14-17(26-20-15)19(23)21(18(14)22)11-7-4-3-5-8-11/h3-10,14,17H,1-2H3/t14-,17+/m1/s1. The fourth-order valence-corrected chi connectivity index (χ4v) is 3.32. The van der Waals surface area contributed by atoms with Gasteiger partial charge < -0.3 is 14.3 Å². The van der Waals surface area contributed by atoms with Crippen molar-refractivity contribution in [1.82, 2.24) is 0 Å². The Kier molecular flexibility index (Phi) is 3.84. The molecule has 0 saturated carbocycles. The van der Waals surface area contributed by atoms with Gasteiger partial charge in [-0.1, -0.05) is 29.4 Å². The van der Waals surface area contributed by atoms with Gasteiger partial charge in [0.25, 0.3) is 5.91 Å². The van der Waals surface area contributed by atoms with Crippen LogP contribution in [0.2, 0.25) is 0 Å². The minimum atomic E-state index is -0.964. The monoisotopic (exact) mass is 352 g/mol. The van der Waals surface area contributed by atoms with E-state index in [-0.39, 0.29) is 5.91 Å². The summed E-state index contributed by atoms with van der Waals surface area (Å²) in [6.07, 6.45) is -0.964. The van der Waals surface area contributed by atoms with Crippen LogP contribution in [0.4, 0.5) is 5.69 Å². The molecule has 2 aromatic rings. The molecular weight excluding hydrogens is 336 g/mol. The SMILES string of the molecule is COc1cccc(C2=NO[C@@H]3C(=O)N(c4ccccc4)C(=O)[C@H]23)c1OC. The number of anilines is 1. The molecule has 0 aliphatic carbocycles. The Labute approximate surface area is 149 Å². The van der Waals surface area contributed by atoms with E-state index in [4.69, 9.17) is 14.3 Å². The molecule has 0 bridgehead atoms. The van der Waals surface area contributed by atoms with Crippen molar-refractivity contribution in [2.45, 2.75) is 6.10 Å². The van der Waals surface area contributed by atoms with Gasteiger partial charge in [-0.2, -0.15) is 0 Å². The smallest absolute Gasteiger partial charge is 0.278 e. The highest BCUT2D eigenvalue weighted by atomic mass is 16.7. The van der Waals surface area contributed by atoms with E-state index in [1.54, 1.807) is 42.5 Å². The highest BCUT2D eigenvalue weighted by Crippen LogP contribution is 2.39. The fraction of sp³-hybridized carbons (Fsp3) is 0.211. The van der Waals surface area contributed by atoms with E-state index in [1.165, 1.54) is 14.2 Å². The quantitative estimate of drug-likeness (QED) is 0.787. The summed E-state index contributed by atoms with van der Waals surface area (Å²) in [6, 6.07) is 14.0. The molecular formula is C19H16N2O5. The molecule has 2 aliphatic heterocycles. The molecule has 26 heavy (non-hydrogen) atoms. The zero-order chi connectivity index (χ0) is 18.3. The average Bonchev–Trinajstić information content (AvgIpc) is 3.22. The number of ether oxygens (including phenoxy) is 2. The topological polar surface area (TPSA) is 77.4 Å². The minimum absolute atomic E-state index is 0.363. The summed E-state index contributed by atoms with van der Waals surface area (Å²) in [7, 11) is 3.03. The normalized spacial score (nSPS) is 21.3. The third kappa shape index (κ3) is 2.24. The van der Waals surface area contributed by atoms with Crippen LogP contribution < -0.4 is 14.4 Å². The zero-order valence-corrected chi connectivity index (χ0v) is 14.2. The van der Waals surface area contributed by atoms with E-state index in [9.17, 15) is 9.59 Å². The Morgan fingerprint density at radius 1 is 0.962 bits per heavy atom. The van der Waals surface area contributed by atoms with E-state index in [0.717, 1.165) is 4.90 Å². The molecule has 4 rings (SSSR count). The Morgan fingerprint density at radius 3 is 2.42 bits per heavy atom. The molecule has 0 aromatic heterocycles. The van der Waals surface area contributed by atoms with Crippen LogP contribution in [0.3, 0.4) is 0 Å². The average molecular weight is 352 g/mol. The van der Waals surface area contributed by atoms with Crippen LogP contribution in [0.1, 0.15) is 5.56 Å². The number of carbonyl (C=O) groups excluding carboxylic acids is 2. The van der Waals surface area contributed by atoms with Gasteiger partial charge in [0, 0.05) is 5.56 Å². The lowest BCUT2D eigenvalue weighted by molar-refractivity contribution is -0.126. The Bertz CT molecular complexity index is 909. The van der Waals surface area contributed by atoms with Crippen molar-refractivity contribution in [3.8, 4) is 11.5 Å². The molecule has 2 heterocycles. The summed E-state index contributed by atoms with van der Waals surface area (Å²) >= 11 is 0. The summed E-state index contributed by atoms with van der Waals surface area (Å²) in [5.41, 5.74) is 1.44. The molecule has 7 heteroatoms. The predicted octanol–water partition coefficient (Wildman–Crippen LogP) is 2.00. The van der Waals surface area contributed by atoms with Gasteiger partial charge in [-0.3, -0.25) is 9.59 Å². The highest BCUT2D eigenvalue weighted by molar-refractivity contribution is 6.32. The van der Waals surface area contributed by atoms with Gasteiger partial charge >= 0.3 is 0 Å². The second-order valence-electron chi connectivity index (χ2n) is 5.87. The molecule has 2 atom stereocenters. The molecule has 2 amide bonds. The third-order valence-corrected chi connectivity index (χ3v) is 4.51. The third-order valence-electron chi connectivity index (χ3n) is 4.51. The second kappa shape index (κ2) is 6.18. The van der Waals surface area contributed by atoms with Gasteiger partial charge in [0.15, 0.2) is 11.5 Å². The number of rotatable bonds is 4. The van der Waals surface area contributed by atoms with Crippen LogP contribution in [0.25, 0.3) is 0 Å². The number of hydrogen-bond donors (Lipinski definition) is 0. The molecule has 2 aromatic carbocycles. The first-order valence-corrected chi connectivity index (χ1v) is 8.05. The number of fused-ring (bicyclic) bond motifs is 1.